The van der Waals surface area contributed by atoms with Crippen molar-refractivity contribution in [1.82, 2.24) is 10.6 Å². The molecule has 0 aromatic carbocycles. The van der Waals surface area contributed by atoms with Crippen molar-refractivity contribution in [2.75, 3.05) is 12.3 Å². The van der Waals surface area contributed by atoms with Gasteiger partial charge < -0.3 is 10.6 Å². The van der Waals surface area contributed by atoms with Crippen LogP contribution in [0.4, 0.5) is 0 Å². The van der Waals surface area contributed by atoms with Crippen LogP contribution >= 0.6 is 12.6 Å². The van der Waals surface area contributed by atoms with Crippen LogP contribution in [-0.2, 0) is 14.4 Å². The fraction of sp³-hybridized carbons (Fsp3) is 0.667. The minimum atomic E-state index is -0.584. The maximum absolute atomic E-state index is 11.2. The van der Waals surface area contributed by atoms with Crippen LogP contribution < -0.4 is 10.6 Å². The SMILES string of the molecule is CCC(=O)NCC(=O)NC(CS)C(C)=O. The zero-order valence-electron chi connectivity index (χ0n) is 8.87. The highest BCUT2D eigenvalue weighted by Crippen LogP contribution is 1.89. The van der Waals surface area contributed by atoms with Gasteiger partial charge in [-0.2, -0.15) is 12.6 Å². The Balaban J connectivity index is 3.91. The van der Waals surface area contributed by atoms with E-state index in [0.29, 0.717) is 6.42 Å². The molecule has 0 radical (unpaired) electrons. The van der Waals surface area contributed by atoms with Gasteiger partial charge in [-0.1, -0.05) is 6.92 Å². The number of carbonyl (C=O) groups excluding carboxylic acids is 3. The maximum atomic E-state index is 11.2. The average Bonchev–Trinajstić information content (AvgIpc) is 2.21. The van der Waals surface area contributed by atoms with Gasteiger partial charge in [0.25, 0.3) is 0 Å². The van der Waals surface area contributed by atoms with E-state index in [2.05, 4.69) is 23.3 Å². The van der Waals surface area contributed by atoms with E-state index in [9.17, 15) is 14.4 Å². The van der Waals surface area contributed by atoms with Gasteiger partial charge in [-0.3, -0.25) is 14.4 Å². The Morgan fingerprint density at radius 2 is 1.87 bits per heavy atom. The summed E-state index contributed by atoms with van der Waals surface area (Å²) in [5.74, 6) is -0.482. The molecular weight excluding hydrogens is 216 g/mol. The van der Waals surface area contributed by atoms with E-state index < -0.39 is 6.04 Å². The quantitative estimate of drug-likeness (QED) is 0.541. The number of hydrogen-bond acceptors (Lipinski definition) is 4. The lowest BCUT2D eigenvalue weighted by Crippen LogP contribution is -2.45. The molecule has 0 bridgehead atoms. The third-order valence-electron chi connectivity index (χ3n) is 1.78. The van der Waals surface area contributed by atoms with Gasteiger partial charge in [-0.15, -0.1) is 0 Å². The Kier molecular flexibility index (Phi) is 6.77. The first kappa shape index (κ1) is 14.0. The molecule has 15 heavy (non-hydrogen) atoms. The molecule has 0 fully saturated rings. The second kappa shape index (κ2) is 7.28. The maximum Gasteiger partial charge on any atom is 0.240 e. The van der Waals surface area contributed by atoms with Crippen molar-refractivity contribution in [1.29, 1.82) is 0 Å². The van der Waals surface area contributed by atoms with Crippen molar-refractivity contribution in [3.05, 3.63) is 0 Å². The van der Waals surface area contributed by atoms with Crippen LogP contribution in [0.1, 0.15) is 20.3 Å². The number of nitrogens with one attached hydrogen (secondary N) is 2. The average molecular weight is 232 g/mol. The fourth-order valence-electron chi connectivity index (χ4n) is 0.825. The molecule has 0 spiro atoms. The van der Waals surface area contributed by atoms with Gasteiger partial charge in [0.05, 0.1) is 12.6 Å². The summed E-state index contributed by atoms with van der Waals surface area (Å²) in [5, 5.41) is 4.88. The van der Waals surface area contributed by atoms with Crippen LogP contribution in [0, 0.1) is 0 Å². The Bertz CT molecular complexity index is 256. The highest BCUT2D eigenvalue weighted by Gasteiger charge is 2.14. The first-order chi connectivity index (χ1) is 7.01. The minimum Gasteiger partial charge on any atom is -0.347 e. The summed E-state index contributed by atoms with van der Waals surface area (Å²) in [6.45, 7) is 2.97. The Labute approximate surface area is 94.4 Å². The van der Waals surface area contributed by atoms with Gasteiger partial charge in [0.15, 0.2) is 5.78 Å². The van der Waals surface area contributed by atoms with Crippen molar-refractivity contribution < 1.29 is 14.4 Å². The van der Waals surface area contributed by atoms with Gasteiger partial charge in [-0.05, 0) is 6.92 Å². The molecule has 6 heteroatoms. The number of carbonyl (C=O) groups is 3. The highest BCUT2D eigenvalue weighted by molar-refractivity contribution is 7.80. The molecule has 5 nitrogen and oxygen atoms in total. The van der Waals surface area contributed by atoms with Crippen LogP contribution in [0.2, 0.25) is 0 Å². The van der Waals surface area contributed by atoms with Crippen LogP contribution in [0.5, 0.6) is 0 Å². The van der Waals surface area contributed by atoms with E-state index in [1.807, 2.05) is 0 Å². The van der Waals surface area contributed by atoms with Gasteiger partial charge in [0.1, 0.15) is 0 Å². The molecule has 0 aromatic rings. The summed E-state index contributed by atoms with van der Waals surface area (Å²) >= 11 is 3.93. The lowest BCUT2D eigenvalue weighted by atomic mass is 10.2. The molecule has 0 aliphatic rings. The van der Waals surface area contributed by atoms with Gasteiger partial charge in [0.2, 0.25) is 11.8 Å². The van der Waals surface area contributed by atoms with E-state index >= 15 is 0 Å². The topological polar surface area (TPSA) is 75.3 Å². The Morgan fingerprint density at radius 1 is 1.27 bits per heavy atom. The second-order valence-electron chi connectivity index (χ2n) is 3.04. The van der Waals surface area contributed by atoms with Crippen molar-refractivity contribution >= 4 is 30.2 Å². The second-order valence-corrected chi connectivity index (χ2v) is 3.41. The number of rotatable bonds is 6. The monoisotopic (exact) mass is 232 g/mol. The molecule has 1 unspecified atom stereocenters. The van der Waals surface area contributed by atoms with E-state index in [0.717, 1.165) is 0 Å². The number of Topliss-reactive ketones (excluding diaryl/α,β-unsaturated/α-hetero) is 1. The highest BCUT2D eigenvalue weighted by atomic mass is 32.1. The number of ketones is 1. The molecule has 0 rings (SSSR count). The molecule has 0 aromatic heterocycles. The predicted octanol–water partition coefficient (Wildman–Crippen LogP) is -0.484. The van der Waals surface area contributed by atoms with Crippen LogP contribution in [0.15, 0.2) is 0 Å². The zero-order valence-corrected chi connectivity index (χ0v) is 9.77. The van der Waals surface area contributed by atoms with Crippen molar-refractivity contribution in [2.45, 2.75) is 26.3 Å². The summed E-state index contributed by atoms with van der Waals surface area (Å²) in [6, 6.07) is -0.584. The third-order valence-corrected chi connectivity index (χ3v) is 2.14. The lowest BCUT2D eigenvalue weighted by molar-refractivity contribution is -0.128. The van der Waals surface area contributed by atoms with Gasteiger partial charge >= 0.3 is 0 Å². The summed E-state index contributed by atoms with van der Waals surface area (Å²) < 4.78 is 0. The summed E-state index contributed by atoms with van der Waals surface area (Å²) in [7, 11) is 0. The van der Waals surface area contributed by atoms with Crippen molar-refractivity contribution in [3.8, 4) is 0 Å². The normalized spacial score (nSPS) is 11.7. The van der Waals surface area contributed by atoms with Gasteiger partial charge in [-0.25, -0.2) is 0 Å². The largest absolute Gasteiger partial charge is 0.347 e. The number of thiol groups is 1. The van der Waals surface area contributed by atoms with E-state index in [1.54, 1.807) is 6.92 Å². The molecule has 2 N–H and O–H groups in total. The number of amides is 2. The minimum absolute atomic E-state index is 0.107. The molecule has 86 valence electrons. The molecular formula is C9H16N2O3S. The number of hydrogen-bond donors (Lipinski definition) is 3. The fourth-order valence-corrected chi connectivity index (χ4v) is 1.17. The molecule has 1 atom stereocenters. The van der Waals surface area contributed by atoms with Crippen molar-refractivity contribution in [3.63, 3.8) is 0 Å². The molecule has 0 heterocycles. The van der Waals surface area contributed by atoms with Gasteiger partial charge in [0, 0.05) is 12.2 Å². The molecule has 2 amide bonds. The molecule has 0 saturated heterocycles. The Morgan fingerprint density at radius 3 is 2.27 bits per heavy atom. The predicted molar refractivity (Wildman–Crippen MR) is 59.8 cm³/mol. The van der Waals surface area contributed by atoms with E-state index in [4.69, 9.17) is 0 Å². The van der Waals surface area contributed by atoms with Crippen molar-refractivity contribution in [2.24, 2.45) is 0 Å². The first-order valence-corrected chi connectivity index (χ1v) is 5.31. The van der Waals surface area contributed by atoms with E-state index in [-0.39, 0.29) is 29.9 Å². The first-order valence-electron chi connectivity index (χ1n) is 4.68. The van der Waals surface area contributed by atoms with Crippen LogP contribution in [0.3, 0.4) is 0 Å². The standard InChI is InChI=1S/C9H16N2O3S/c1-3-8(13)10-4-9(14)11-7(5-15)6(2)12/h7,15H,3-5H2,1-2H3,(H,10,13)(H,11,14). The molecule has 0 aliphatic heterocycles. The summed E-state index contributed by atoms with van der Waals surface area (Å²) in [6.07, 6.45) is 0.329. The zero-order chi connectivity index (χ0) is 11.8. The lowest BCUT2D eigenvalue weighted by Gasteiger charge is -2.13. The Hall–Kier alpha value is -1.04. The molecule has 0 aliphatic carbocycles. The third kappa shape index (κ3) is 6.11. The van der Waals surface area contributed by atoms with Crippen LogP contribution in [0.25, 0.3) is 0 Å². The summed E-state index contributed by atoms with van der Waals surface area (Å²) in [5.41, 5.74) is 0. The smallest absolute Gasteiger partial charge is 0.240 e. The van der Waals surface area contributed by atoms with Crippen LogP contribution in [-0.4, -0.2) is 35.9 Å². The van der Waals surface area contributed by atoms with E-state index in [1.165, 1.54) is 6.92 Å². The summed E-state index contributed by atoms with van der Waals surface area (Å²) in [4.78, 5) is 33.0. The molecule has 0 saturated carbocycles.